The van der Waals surface area contributed by atoms with E-state index in [2.05, 4.69) is 31.1 Å². The highest BCUT2D eigenvalue weighted by Gasteiger charge is 2.40. The Labute approximate surface area is 199 Å². The lowest BCUT2D eigenvalue weighted by Crippen LogP contribution is -2.61. The van der Waals surface area contributed by atoms with Gasteiger partial charge in [-0.2, -0.15) is 5.06 Å². The predicted octanol–water partition coefficient (Wildman–Crippen LogP) is 2.71. The second kappa shape index (κ2) is 11.6. The first-order valence-corrected chi connectivity index (χ1v) is 12.4. The lowest BCUT2D eigenvalue weighted by atomic mass is 9.81. The molecule has 1 aromatic carbocycles. The molecule has 2 aliphatic rings. The molecule has 1 amide bonds. The molecular formula is C26H42N4O3. The van der Waals surface area contributed by atoms with Crippen LogP contribution in [0.1, 0.15) is 51.5 Å². The molecule has 0 bridgehead atoms. The molecular weight excluding hydrogens is 416 g/mol. The third kappa shape index (κ3) is 6.85. The number of benzene rings is 1. The minimum Gasteiger partial charge on any atom is -0.331 e. The van der Waals surface area contributed by atoms with Gasteiger partial charge in [0.2, 0.25) is 5.91 Å². The van der Waals surface area contributed by atoms with Crippen LogP contribution in [-0.2, 0) is 21.0 Å². The fourth-order valence-corrected chi connectivity index (χ4v) is 5.17. The first-order chi connectivity index (χ1) is 15.8. The minimum atomic E-state index is -0.816. The van der Waals surface area contributed by atoms with Crippen molar-refractivity contribution < 1.29 is 14.4 Å². The normalized spacial score (nSPS) is 30.5. The zero-order chi connectivity index (χ0) is 23.9. The van der Waals surface area contributed by atoms with Gasteiger partial charge in [-0.15, -0.1) is 0 Å². The fourth-order valence-electron chi connectivity index (χ4n) is 5.17. The van der Waals surface area contributed by atoms with Crippen LogP contribution in [0.3, 0.4) is 0 Å². The van der Waals surface area contributed by atoms with Crippen molar-refractivity contribution in [3.05, 3.63) is 35.9 Å². The Kier molecular flexibility index (Phi) is 9.04. The Morgan fingerprint density at radius 2 is 1.97 bits per heavy atom. The summed E-state index contributed by atoms with van der Waals surface area (Å²) in [6.45, 7) is 8.47. The monoisotopic (exact) mass is 458 g/mol. The summed E-state index contributed by atoms with van der Waals surface area (Å²) in [4.78, 5) is 35.4. The molecule has 184 valence electrons. The third-order valence-electron chi connectivity index (χ3n) is 7.65. The summed E-state index contributed by atoms with van der Waals surface area (Å²) >= 11 is 0. The Bertz CT molecular complexity index is 776. The number of hydroxylamine groups is 2. The van der Waals surface area contributed by atoms with Gasteiger partial charge in [0.05, 0.1) is 6.61 Å². The number of nitrogens with one attached hydrogen (secondary N) is 1. The highest BCUT2D eigenvalue weighted by atomic mass is 16.7. The number of carbonyl (C=O) groups excluding carboxylic acids is 2. The molecule has 2 aliphatic heterocycles. The second-order valence-corrected chi connectivity index (χ2v) is 10.4. The summed E-state index contributed by atoms with van der Waals surface area (Å²) in [6.07, 6.45) is 5.66. The molecule has 1 N–H and O–H groups in total. The van der Waals surface area contributed by atoms with Crippen LogP contribution in [0.4, 0.5) is 0 Å². The first-order valence-electron chi connectivity index (χ1n) is 12.4. The van der Waals surface area contributed by atoms with E-state index < -0.39 is 5.54 Å². The molecule has 0 aliphatic carbocycles. The second-order valence-electron chi connectivity index (χ2n) is 10.4. The number of likely N-dealkylation sites (tertiary alicyclic amines) is 1. The largest absolute Gasteiger partial charge is 0.331 e. The van der Waals surface area contributed by atoms with Crippen LogP contribution in [0.5, 0.6) is 0 Å². The van der Waals surface area contributed by atoms with Crippen LogP contribution in [0, 0.1) is 5.41 Å². The van der Waals surface area contributed by atoms with Crippen molar-refractivity contribution in [1.82, 2.24) is 20.2 Å². The van der Waals surface area contributed by atoms with Crippen molar-refractivity contribution in [2.45, 2.75) is 64.1 Å². The number of amides is 1. The van der Waals surface area contributed by atoms with E-state index in [1.807, 2.05) is 30.3 Å². The van der Waals surface area contributed by atoms with Crippen molar-refractivity contribution in [2.24, 2.45) is 5.41 Å². The topological polar surface area (TPSA) is 65.1 Å². The summed E-state index contributed by atoms with van der Waals surface area (Å²) in [5, 5.41) is 5.43. The van der Waals surface area contributed by atoms with Crippen LogP contribution >= 0.6 is 0 Å². The number of hydrogen-bond acceptors (Lipinski definition) is 6. The standard InChI is InChI=1S/C26H42N4O3/c1-5-25(2)16-23(12-15-28(3)20-25)27-19-26(21-31)13-9-14-30(17-24(32)29(26)4)33-18-22-10-7-6-8-11-22/h6-8,10-11,21,23,27H,5,9,12-20H2,1-4H3. The number of rotatable bonds is 8. The number of carbonyl (C=O) groups is 2. The van der Waals surface area contributed by atoms with E-state index in [-0.39, 0.29) is 17.9 Å². The van der Waals surface area contributed by atoms with E-state index in [1.54, 1.807) is 17.0 Å². The zero-order valence-electron chi connectivity index (χ0n) is 20.9. The maximum Gasteiger partial charge on any atom is 0.239 e. The van der Waals surface area contributed by atoms with Gasteiger partial charge < -0.3 is 19.9 Å². The van der Waals surface area contributed by atoms with Crippen LogP contribution < -0.4 is 5.32 Å². The first kappa shape index (κ1) is 25.8. The van der Waals surface area contributed by atoms with Gasteiger partial charge in [-0.25, -0.2) is 0 Å². The minimum absolute atomic E-state index is 0.0874. The van der Waals surface area contributed by atoms with Gasteiger partial charge in [0.25, 0.3) is 0 Å². The Balaban J connectivity index is 1.60. The van der Waals surface area contributed by atoms with E-state index >= 15 is 0 Å². The molecule has 0 spiro atoms. The Morgan fingerprint density at radius 3 is 2.67 bits per heavy atom. The van der Waals surface area contributed by atoms with Gasteiger partial charge in [0.1, 0.15) is 18.4 Å². The third-order valence-corrected chi connectivity index (χ3v) is 7.65. The Hall–Kier alpha value is -1.80. The lowest BCUT2D eigenvalue weighted by molar-refractivity contribution is -0.187. The van der Waals surface area contributed by atoms with E-state index in [1.165, 1.54) is 0 Å². The molecule has 3 atom stereocenters. The van der Waals surface area contributed by atoms with E-state index in [9.17, 15) is 9.59 Å². The number of likely N-dealkylation sites (N-methyl/N-ethyl adjacent to an activating group) is 1. The van der Waals surface area contributed by atoms with Crippen LogP contribution in [0.25, 0.3) is 0 Å². The smallest absolute Gasteiger partial charge is 0.239 e. The summed E-state index contributed by atoms with van der Waals surface area (Å²) < 4.78 is 0. The van der Waals surface area contributed by atoms with E-state index in [0.29, 0.717) is 32.2 Å². The summed E-state index contributed by atoms with van der Waals surface area (Å²) in [7, 11) is 3.95. The average molecular weight is 459 g/mol. The van der Waals surface area contributed by atoms with Crippen molar-refractivity contribution in [1.29, 1.82) is 0 Å². The van der Waals surface area contributed by atoms with Gasteiger partial charge >= 0.3 is 0 Å². The molecule has 33 heavy (non-hydrogen) atoms. The number of nitrogens with zero attached hydrogens (tertiary/aromatic N) is 3. The highest BCUT2D eigenvalue weighted by Crippen LogP contribution is 2.32. The van der Waals surface area contributed by atoms with Crippen molar-refractivity contribution in [3.63, 3.8) is 0 Å². The van der Waals surface area contributed by atoms with Gasteiger partial charge in [-0.1, -0.05) is 44.2 Å². The van der Waals surface area contributed by atoms with E-state index in [4.69, 9.17) is 4.84 Å². The van der Waals surface area contributed by atoms with Crippen LogP contribution in [0.15, 0.2) is 30.3 Å². The fraction of sp³-hybridized carbons (Fsp3) is 0.692. The predicted molar refractivity (Wildman–Crippen MR) is 131 cm³/mol. The average Bonchev–Trinajstić information content (AvgIpc) is 2.96. The maximum absolute atomic E-state index is 13.1. The molecule has 2 saturated heterocycles. The zero-order valence-corrected chi connectivity index (χ0v) is 20.9. The maximum atomic E-state index is 13.1. The van der Waals surface area contributed by atoms with Gasteiger partial charge in [-0.3, -0.25) is 9.63 Å². The SMILES string of the molecule is CCC1(C)CC(NCC2(C=O)CCCN(OCc3ccccc3)CC(=O)N2C)CCN(C)C1. The summed E-state index contributed by atoms with van der Waals surface area (Å²) in [6, 6.07) is 10.3. The lowest BCUT2D eigenvalue weighted by Gasteiger charge is -2.42. The molecule has 7 heteroatoms. The van der Waals surface area contributed by atoms with E-state index in [0.717, 1.165) is 50.6 Å². The highest BCUT2D eigenvalue weighted by molar-refractivity contribution is 5.83. The van der Waals surface area contributed by atoms with Crippen LogP contribution in [0.2, 0.25) is 0 Å². The van der Waals surface area contributed by atoms with Gasteiger partial charge in [-0.05, 0) is 56.7 Å². The number of aldehydes is 1. The van der Waals surface area contributed by atoms with Gasteiger partial charge in [0, 0.05) is 32.7 Å². The molecule has 2 fully saturated rings. The molecule has 2 heterocycles. The Morgan fingerprint density at radius 1 is 1.21 bits per heavy atom. The number of hydrogen-bond donors (Lipinski definition) is 1. The quantitative estimate of drug-likeness (QED) is 0.605. The van der Waals surface area contributed by atoms with Gasteiger partial charge in [0.15, 0.2) is 0 Å². The van der Waals surface area contributed by atoms with Crippen molar-refractivity contribution in [2.75, 3.05) is 46.8 Å². The molecule has 0 aromatic heterocycles. The molecule has 0 radical (unpaired) electrons. The van der Waals surface area contributed by atoms with Crippen molar-refractivity contribution >= 4 is 12.2 Å². The molecule has 0 saturated carbocycles. The summed E-state index contributed by atoms with van der Waals surface area (Å²) in [5.41, 5.74) is 0.514. The van der Waals surface area contributed by atoms with Crippen molar-refractivity contribution in [3.8, 4) is 0 Å². The molecule has 3 unspecified atom stereocenters. The molecule has 1 aromatic rings. The molecule has 7 nitrogen and oxygen atoms in total. The van der Waals surface area contributed by atoms with Crippen LogP contribution in [-0.4, -0.2) is 85.5 Å². The summed E-state index contributed by atoms with van der Waals surface area (Å²) in [5.74, 6) is -0.0874. The molecule has 3 rings (SSSR count).